The van der Waals surface area contributed by atoms with Crippen LogP contribution in [-0.4, -0.2) is 99.5 Å². The van der Waals surface area contributed by atoms with Crippen molar-refractivity contribution in [2.45, 2.75) is 124 Å². The first-order valence-corrected chi connectivity index (χ1v) is 19.6. The fourth-order valence-corrected chi connectivity index (χ4v) is 7.72. The normalized spacial score (nSPS) is 18.5. The van der Waals surface area contributed by atoms with Crippen LogP contribution in [0, 0.1) is 29.6 Å². The second-order valence-corrected chi connectivity index (χ2v) is 14.5. The summed E-state index contributed by atoms with van der Waals surface area (Å²) in [4.78, 5) is 56.4. The predicted octanol–water partition coefficient (Wildman–Crippen LogP) is 5.15. The minimum atomic E-state index is -0.335. The maximum Gasteiger partial charge on any atom is 0.307 e. The Labute approximate surface area is 292 Å². The van der Waals surface area contributed by atoms with Crippen LogP contribution in [-0.2, 0) is 23.9 Å². The molecule has 3 N–H and O–H groups in total. The first kappa shape index (κ1) is 42.0. The average Bonchev–Trinajstić information content (AvgIpc) is 3.80. The Hall–Kier alpha value is -2.20. The van der Waals surface area contributed by atoms with Crippen LogP contribution < -0.4 is 16.0 Å². The SMILES string of the molecule is CCCCC(C[C@H](CC(CC)C(=O)NCCC(=O)OC)CN1CCCC1)C(=O)NCCNC(=O)C(CC)C[C@@H](CCC)CN1CCCC1. The molecule has 0 aromatic heterocycles. The van der Waals surface area contributed by atoms with E-state index >= 15 is 0 Å². The number of methoxy groups -OCH3 is 1. The van der Waals surface area contributed by atoms with Crippen molar-refractivity contribution < 1.29 is 23.9 Å². The summed E-state index contributed by atoms with van der Waals surface area (Å²) in [7, 11) is 1.35. The molecular weight excluding hydrogens is 606 g/mol. The van der Waals surface area contributed by atoms with Crippen LogP contribution in [0.25, 0.3) is 0 Å². The molecule has 0 aromatic carbocycles. The predicted molar refractivity (Wildman–Crippen MR) is 193 cm³/mol. The van der Waals surface area contributed by atoms with Crippen molar-refractivity contribution in [3.05, 3.63) is 0 Å². The third kappa shape index (κ3) is 16.5. The Morgan fingerprint density at radius 2 is 1.06 bits per heavy atom. The van der Waals surface area contributed by atoms with Crippen molar-refractivity contribution in [3.63, 3.8) is 0 Å². The topological polar surface area (TPSA) is 120 Å². The van der Waals surface area contributed by atoms with Gasteiger partial charge in [0.15, 0.2) is 0 Å². The second kappa shape index (κ2) is 24.9. The highest BCUT2D eigenvalue weighted by atomic mass is 16.5. The lowest BCUT2D eigenvalue weighted by atomic mass is 9.83. The van der Waals surface area contributed by atoms with Gasteiger partial charge < -0.3 is 30.5 Å². The van der Waals surface area contributed by atoms with Crippen LogP contribution in [0.1, 0.15) is 124 Å². The molecule has 278 valence electrons. The van der Waals surface area contributed by atoms with E-state index in [9.17, 15) is 19.2 Å². The van der Waals surface area contributed by atoms with Gasteiger partial charge >= 0.3 is 5.97 Å². The molecule has 2 saturated heterocycles. The van der Waals surface area contributed by atoms with E-state index in [2.05, 4.69) is 46.5 Å². The molecule has 3 unspecified atom stereocenters. The second-order valence-electron chi connectivity index (χ2n) is 14.5. The molecule has 3 amide bonds. The first-order valence-electron chi connectivity index (χ1n) is 19.6. The lowest BCUT2D eigenvalue weighted by molar-refractivity contribution is -0.140. The summed E-state index contributed by atoms with van der Waals surface area (Å²) in [6, 6.07) is 0. The highest BCUT2D eigenvalue weighted by Gasteiger charge is 2.29. The van der Waals surface area contributed by atoms with Gasteiger partial charge in [-0.3, -0.25) is 19.2 Å². The zero-order chi connectivity index (χ0) is 35.1. The Morgan fingerprint density at radius 1 is 0.604 bits per heavy atom. The number of esters is 1. The van der Waals surface area contributed by atoms with Crippen molar-refractivity contribution in [2.24, 2.45) is 29.6 Å². The fraction of sp³-hybridized carbons (Fsp3) is 0.895. The summed E-state index contributed by atoms with van der Waals surface area (Å²) < 4.78 is 4.70. The zero-order valence-corrected chi connectivity index (χ0v) is 31.3. The van der Waals surface area contributed by atoms with Crippen LogP contribution >= 0.6 is 0 Å². The van der Waals surface area contributed by atoms with Crippen LogP contribution in [0.4, 0.5) is 0 Å². The summed E-state index contributed by atoms with van der Waals surface area (Å²) >= 11 is 0. The summed E-state index contributed by atoms with van der Waals surface area (Å²) in [6.45, 7) is 16.2. The molecule has 2 heterocycles. The van der Waals surface area contributed by atoms with Crippen LogP contribution in [0.2, 0.25) is 0 Å². The van der Waals surface area contributed by atoms with E-state index in [-0.39, 0.29) is 60.3 Å². The minimum absolute atomic E-state index is 0.00711. The largest absolute Gasteiger partial charge is 0.469 e. The van der Waals surface area contributed by atoms with Gasteiger partial charge in [0.2, 0.25) is 17.7 Å². The fourth-order valence-electron chi connectivity index (χ4n) is 7.72. The molecule has 0 bridgehead atoms. The Morgan fingerprint density at radius 3 is 1.54 bits per heavy atom. The number of ether oxygens (including phenoxy) is 1. The molecule has 2 rings (SSSR count). The van der Waals surface area contributed by atoms with Gasteiger partial charge in [0.05, 0.1) is 13.5 Å². The number of hydrogen-bond acceptors (Lipinski definition) is 7. The van der Waals surface area contributed by atoms with E-state index in [1.165, 1.54) is 45.9 Å². The van der Waals surface area contributed by atoms with Crippen LogP contribution in [0.5, 0.6) is 0 Å². The van der Waals surface area contributed by atoms with Crippen molar-refractivity contribution >= 4 is 23.7 Å². The number of carbonyl (C=O) groups is 4. The number of amides is 3. The van der Waals surface area contributed by atoms with Gasteiger partial charge in [-0.1, -0.05) is 47.0 Å². The van der Waals surface area contributed by atoms with E-state index < -0.39 is 0 Å². The van der Waals surface area contributed by atoms with E-state index in [0.717, 1.165) is 84.0 Å². The number of likely N-dealkylation sites (tertiary alicyclic amines) is 2. The molecule has 48 heavy (non-hydrogen) atoms. The van der Waals surface area contributed by atoms with Gasteiger partial charge in [0.25, 0.3) is 0 Å². The lowest BCUT2D eigenvalue weighted by Crippen LogP contribution is -2.41. The smallest absolute Gasteiger partial charge is 0.307 e. The number of carbonyl (C=O) groups excluding carboxylic acids is 4. The zero-order valence-electron chi connectivity index (χ0n) is 31.3. The molecule has 10 heteroatoms. The molecule has 0 saturated carbocycles. The molecule has 0 spiro atoms. The Bertz CT molecular complexity index is 921. The molecule has 2 aliphatic heterocycles. The number of nitrogens with one attached hydrogen (secondary N) is 3. The Balaban J connectivity index is 1.94. The standard InChI is InChI=1S/C38H71N5O5/c1-6-10-16-34(27-31(29-43-23-13-14-24-43)26-33(9-4)36(45)39-18-17-35(44)48-5)38(47)41-20-19-40-37(46)32(8-3)25-30(15-7-2)28-42-21-11-12-22-42/h30-34H,6-29H2,1-5H3,(H,39,45)(H,40,46)(H,41,47)/t30-,31+,32?,33?,34?/m1/s1. The van der Waals surface area contributed by atoms with Crippen molar-refractivity contribution in [1.29, 1.82) is 0 Å². The molecule has 10 nitrogen and oxygen atoms in total. The van der Waals surface area contributed by atoms with Gasteiger partial charge in [-0.15, -0.1) is 0 Å². The maximum atomic E-state index is 13.6. The van der Waals surface area contributed by atoms with Crippen molar-refractivity contribution in [1.82, 2.24) is 25.8 Å². The first-order chi connectivity index (χ1) is 23.2. The van der Waals surface area contributed by atoms with Gasteiger partial charge in [0.1, 0.15) is 0 Å². The third-order valence-electron chi connectivity index (χ3n) is 10.6. The highest BCUT2D eigenvalue weighted by molar-refractivity contribution is 5.80. The van der Waals surface area contributed by atoms with Gasteiger partial charge in [-0.05, 0) is 109 Å². The summed E-state index contributed by atoms with van der Waals surface area (Å²) in [6.07, 6.45) is 14.2. The van der Waals surface area contributed by atoms with Gasteiger partial charge in [0, 0.05) is 50.5 Å². The van der Waals surface area contributed by atoms with Crippen molar-refractivity contribution in [2.75, 3.05) is 66.0 Å². The monoisotopic (exact) mass is 678 g/mol. The molecule has 0 aromatic rings. The van der Waals surface area contributed by atoms with E-state index in [0.29, 0.717) is 25.4 Å². The summed E-state index contributed by atoms with van der Waals surface area (Å²) in [5.41, 5.74) is 0. The number of hydrogen-bond donors (Lipinski definition) is 3. The summed E-state index contributed by atoms with van der Waals surface area (Å²) in [5.74, 6) is 0.282. The molecule has 2 fully saturated rings. The van der Waals surface area contributed by atoms with Crippen LogP contribution in [0.15, 0.2) is 0 Å². The maximum absolute atomic E-state index is 13.6. The number of nitrogens with zero attached hydrogens (tertiary/aromatic N) is 2. The molecule has 0 aliphatic carbocycles. The lowest BCUT2D eigenvalue weighted by Gasteiger charge is -2.29. The molecule has 0 radical (unpaired) electrons. The number of unbranched alkanes of at least 4 members (excludes halogenated alkanes) is 1. The average molecular weight is 678 g/mol. The number of rotatable bonds is 26. The quantitative estimate of drug-likeness (QED) is 0.0856. The van der Waals surface area contributed by atoms with E-state index in [1.807, 2.05) is 6.92 Å². The van der Waals surface area contributed by atoms with Gasteiger partial charge in [-0.2, -0.15) is 0 Å². The molecule has 5 atom stereocenters. The summed E-state index contributed by atoms with van der Waals surface area (Å²) in [5, 5.41) is 9.20. The third-order valence-corrected chi connectivity index (χ3v) is 10.6. The van der Waals surface area contributed by atoms with Gasteiger partial charge in [-0.25, -0.2) is 0 Å². The molecule has 2 aliphatic rings. The van der Waals surface area contributed by atoms with E-state index in [4.69, 9.17) is 4.74 Å². The van der Waals surface area contributed by atoms with E-state index in [1.54, 1.807) is 0 Å². The minimum Gasteiger partial charge on any atom is -0.469 e. The highest BCUT2D eigenvalue weighted by Crippen LogP contribution is 2.28. The van der Waals surface area contributed by atoms with Crippen LogP contribution in [0.3, 0.4) is 0 Å². The molecular formula is C38H71N5O5. The van der Waals surface area contributed by atoms with Crippen molar-refractivity contribution in [3.8, 4) is 0 Å². The Kier molecular flexibility index (Phi) is 21.7.